The molecule has 98 valence electrons. The summed E-state index contributed by atoms with van der Waals surface area (Å²) in [6.45, 7) is 2.11. The van der Waals surface area contributed by atoms with Crippen molar-refractivity contribution in [3.63, 3.8) is 0 Å². The number of hydrogen-bond donors (Lipinski definition) is 1. The van der Waals surface area contributed by atoms with Crippen LogP contribution in [0.3, 0.4) is 0 Å². The molecule has 1 aromatic heterocycles. The van der Waals surface area contributed by atoms with E-state index in [1.54, 1.807) is 20.3 Å². The molecule has 0 spiro atoms. The molecule has 1 N–H and O–H groups in total. The Hall–Kier alpha value is -1.69. The Morgan fingerprint density at radius 1 is 1.44 bits per heavy atom. The first kappa shape index (κ1) is 12.8. The maximum Gasteiger partial charge on any atom is 0.273 e. The summed E-state index contributed by atoms with van der Waals surface area (Å²) in [4.78, 5) is 23.8. The Morgan fingerprint density at radius 3 is 2.72 bits per heavy atom. The van der Waals surface area contributed by atoms with Crippen molar-refractivity contribution in [3.05, 3.63) is 18.1 Å². The zero-order valence-corrected chi connectivity index (χ0v) is 11.1. The molecule has 1 aliphatic rings. The first-order chi connectivity index (χ1) is 8.56. The minimum absolute atomic E-state index is 0.130. The van der Waals surface area contributed by atoms with Crippen molar-refractivity contribution in [2.24, 2.45) is 0 Å². The van der Waals surface area contributed by atoms with Crippen molar-refractivity contribution >= 4 is 11.7 Å². The first-order valence-corrected chi connectivity index (χ1v) is 6.05. The van der Waals surface area contributed by atoms with Crippen molar-refractivity contribution in [3.8, 4) is 0 Å². The summed E-state index contributed by atoms with van der Waals surface area (Å²) in [5, 5.41) is 3.33. The third kappa shape index (κ3) is 2.95. The lowest BCUT2D eigenvalue weighted by Crippen LogP contribution is -2.25. The zero-order valence-electron chi connectivity index (χ0n) is 11.1. The van der Waals surface area contributed by atoms with Crippen LogP contribution >= 0.6 is 0 Å². The van der Waals surface area contributed by atoms with Crippen molar-refractivity contribution in [1.82, 2.24) is 19.8 Å². The second-order valence-corrected chi connectivity index (χ2v) is 4.88. The van der Waals surface area contributed by atoms with E-state index in [0.717, 1.165) is 25.3 Å². The molecule has 2 rings (SSSR count). The largest absolute Gasteiger partial charge is 0.365 e. The molecule has 1 fully saturated rings. The van der Waals surface area contributed by atoms with Crippen LogP contribution < -0.4 is 5.32 Å². The van der Waals surface area contributed by atoms with Crippen LogP contribution in [0.1, 0.15) is 16.9 Å². The summed E-state index contributed by atoms with van der Waals surface area (Å²) in [6.07, 6.45) is 4.24. The quantitative estimate of drug-likeness (QED) is 0.834. The van der Waals surface area contributed by atoms with Crippen LogP contribution in [0.2, 0.25) is 0 Å². The fourth-order valence-corrected chi connectivity index (χ4v) is 2.00. The molecule has 0 radical (unpaired) electrons. The van der Waals surface area contributed by atoms with Crippen molar-refractivity contribution < 1.29 is 4.79 Å². The Kier molecular flexibility index (Phi) is 3.76. The number of nitrogens with zero attached hydrogens (tertiary/aromatic N) is 4. The minimum atomic E-state index is -0.130. The second-order valence-electron chi connectivity index (χ2n) is 4.88. The molecule has 0 aromatic carbocycles. The molecule has 1 saturated heterocycles. The molecular weight excluding hydrogens is 230 g/mol. The number of likely N-dealkylation sites (N-methyl/N-ethyl adjacent to an activating group) is 1. The Bertz CT molecular complexity index is 417. The van der Waals surface area contributed by atoms with Gasteiger partial charge in [0, 0.05) is 26.7 Å². The summed E-state index contributed by atoms with van der Waals surface area (Å²) >= 11 is 0. The molecule has 1 atom stereocenters. The summed E-state index contributed by atoms with van der Waals surface area (Å²) in [5.74, 6) is 0.597. The van der Waals surface area contributed by atoms with Gasteiger partial charge in [0.2, 0.25) is 0 Å². The second kappa shape index (κ2) is 5.30. The van der Waals surface area contributed by atoms with Gasteiger partial charge in [-0.15, -0.1) is 0 Å². The Balaban J connectivity index is 1.97. The van der Waals surface area contributed by atoms with Crippen LogP contribution in [-0.2, 0) is 0 Å². The van der Waals surface area contributed by atoms with Gasteiger partial charge in [0.15, 0.2) is 0 Å². The molecule has 6 heteroatoms. The molecule has 0 aliphatic carbocycles. The van der Waals surface area contributed by atoms with Gasteiger partial charge in [-0.25, -0.2) is 9.97 Å². The monoisotopic (exact) mass is 249 g/mol. The first-order valence-electron chi connectivity index (χ1n) is 6.05. The van der Waals surface area contributed by atoms with Gasteiger partial charge in [-0.1, -0.05) is 0 Å². The van der Waals surface area contributed by atoms with Gasteiger partial charge in [-0.2, -0.15) is 0 Å². The van der Waals surface area contributed by atoms with E-state index >= 15 is 0 Å². The van der Waals surface area contributed by atoms with Crippen LogP contribution in [0.4, 0.5) is 5.82 Å². The fraction of sp³-hybridized carbons (Fsp3) is 0.583. The average Bonchev–Trinajstić information content (AvgIpc) is 2.75. The lowest BCUT2D eigenvalue weighted by Gasteiger charge is -2.13. The minimum Gasteiger partial charge on any atom is -0.365 e. The van der Waals surface area contributed by atoms with E-state index in [2.05, 4.69) is 27.2 Å². The third-order valence-electron chi connectivity index (χ3n) is 3.02. The molecule has 6 nitrogen and oxygen atoms in total. The highest BCUT2D eigenvalue weighted by Crippen LogP contribution is 2.12. The lowest BCUT2D eigenvalue weighted by atomic mass is 10.2. The van der Waals surface area contributed by atoms with Gasteiger partial charge in [0.25, 0.3) is 5.91 Å². The number of likely N-dealkylation sites (tertiary alicyclic amines) is 1. The molecule has 0 bridgehead atoms. The van der Waals surface area contributed by atoms with E-state index in [4.69, 9.17) is 0 Å². The van der Waals surface area contributed by atoms with Crippen LogP contribution in [-0.4, -0.2) is 65.9 Å². The van der Waals surface area contributed by atoms with Crippen LogP contribution in [0.15, 0.2) is 12.4 Å². The normalized spacial score (nSPS) is 19.8. The SMILES string of the molecule is CN1CC[C@@H](Nc2cnc(C(=O)N(C)C)cn2)C1. The molecular formula is C12H19N5O. The van der Waals surface area contributed by atoms with Crippen LogP contribution in [0.5, 0.6) is 0 Å². The predicted molar refractivity (Wildman–Crippen MR) is 69.6 cm³/mol. The number of rotatable bonds is 3. The molecule has 0 saturated carbocycles. The average molecular weight is 249 g/mol. The smallest absolute Gasteiger partial charge is 0.273 e. The number of anilines is 1. The van der Waals surface area contributed by atoms with E-state index in [0.29, 0.717) is 11.7 Å². The van der Waals surface area contributed by atoms with E-state index in [1.807, 2.05) is 0 Å². The number of nitrogens with one attached hydrogen (secondary N) is 1. The Labute approximate surface area is 107 Å². The fourth-order valence-electron chi connectivity index (χ4n) is 2.00. The molecule has 1 amide bonds. The van der Waals surface area contributed by atoms with E-state index in [-0.39, 0.29) is 5.91 Å². The Morgan fingerprint density at radius 2 is 2.22 bits per heavy atom. The predicted octanol–water partition coefficient (Wildman–Crippen LogP) is 0.294. The van der Waals surface area contributed by atoms with Gasteiger partial charge in [0.1, 0.15) is 11.5 Å². The topological polar surface area (TPSA) is 61.4 Å². The molecule has 1 aromatic rings. The van der Waals surface area contributed by atoms with Gasteiger partial charge in [0.05, 0.1) is 12.4 Å². The summed E-state index contributed by atoms with van der Waals surface area (Å²) in [6, 6.07) is 0.416. The van der Waals surface area contributed by atoms with Crippen LogP contribution in [0, 0.1) is 0 Å². The van der Waals surface area contributed by atoms with Crippen LogP contribution in [0.25, 0.3) is 0 Å². The number of aromatic nitrogens is 2. The van der Waals surface area contributed by atoms with Gasteiger partial charge in [-0.05, 0) is 20.0 Å². The highest BCUT2D eigenvalue weighted by molar-refractivity contribution is 5.91. The maximum atomic E-state index is 11.6. The number of carbonyl (C=O) groups is 1. The highest BCUT2D eigenvalue weighted by Gasteiger charge is 2.19. The third-order valence-corrected chi connectivity index (χ3v) is 3.02. The standard InChI is InChI=1S/C12H19N5O/c1-16(2)12(18)10-6-14-11(7-13-10)15-9-4-5-17(3)8-9/h6-7,9H,4-5,8H2,1-3H3,(H,14,15)/t9-/m1/s1. The summed E-state index contributed by atoms with van der Waals surface area (Å²) in [7, 11) is 5.50. The number of carbonyl (C=O) groups excluding carboxylic acids is 1. The maximum absolute atomic E-state index is 11.6. The van der Waals surface area contributed by atoms with Crippen molar-refractivity contribution in [2.45, 2.75) is 12.5 Å². The van der Waals surface area contributed by atoms with E-state index in [1.165, 1.54) is 11.1 Å². The molecule has 0 unspecified atom stereocenters. The highest BCUT2D eigenvalue weighted by atomic mass is 16.2. The van der Waals surface area contributed by atoms with E-state index in [9.17, 15) is 4.79 Å². The zero-order chi connectivity index (χ0) is 13.1. The van der Waals surface area contributed by atoms with Gasteiger partial charge >= 0.3 is 0 Å². The lowest BCUT2D eigenvalue weighted by molar-refractivity contribution is 0.0821. The number of hydrogen-bond acceptors (Lipinski definition) is 5. The van der Waals surface area contributed by atoms with Gasteiger partial charge in [-0.3, -0.25) is 4.79 Å². The van der Waals surface area contributed by atoms with E-state index < -0.39 is 0 Å². The van der Waals surface area contributed by atoms with Crippen molar-refractivity contribution in [1.29, 1.82) is 0 Å². The molecule has 2 heterocycles. The molecule has 1 aliphatic heterocycles. The molecule has 18 heavy (non-hydrogen) atoms. The number of amides is 1. The van der Waals surface area contributed by atoms with Crippen molar-refractivity contribution in [2.75, 3.05) is 39.5 Å². The summed E-state index contributed by atoms with van der Waals surface area (Å²) in [5.41, 5.74) is 0.370. The summed E-state index contributed by atoms with van der Waals surface area (Å²) < 4.78 is 0. The van der Waals surface area contributed by atoms with Gasteiger partial charge < -0.3 is 15.1 Å².